The molecular formula is C11H14N4. The zero-order chi connectivity index (χ0) is 10.7. The quantitative estimate of drug-likeness (QED) is 0.586. The number of rotatable bonds is 3. The van der Waals surface area contributed by atoms with Gasteiger partial charge in [-0.2, -0.15) is 0 Å². The Morgan fingerprint density at radius 2 is 2.07 bits per heavy atom. The number of hydrazine groups is 1. The predicted molar refractivity (Wildman–Crippen MR) is 60.3 cm³/mol. The fraction of sp³-hybridized carbons (Fsp3) is 0.182. The Morgan fingerprint density at radius 3 is 2.60 bits per heavy atom. The zero-order valence-corrected chi connectivity index (χ0v) is 8.64. The van der Waals surface area contributed by atoms with Crippen molar-refractivity contribution in [1.29, 1.82) is 0 Å². The van der Waals surface area contributed by atoms with E-state index in [0.29, 0.717) is 0 Å². The summed E-state index contributed by atoms with van der Waals surface area (Å²) >= 11 is 0. The van der Waals surface area contributed by atoms with Crippen molar-refractivity contribution >= 4 is 5.69 Å². The Labute approximate surface area is 88.7 Å². The lowest BCUT2D eigenvalue weighted by molar-refractivity contribution is 0.762. The van der Waals surface area contributed by atoms with Crippen LogP contribution >= 0.6 is 0 Å². The number of anilines is 1. The van der Waals surface area contributed by atoms with Gasteiger partial charge in [0, 0.05) is 24.6 Å². The number of benzene rings is 1. The average molecular weight is 202 g/mol. The number of aromatic nitrogens is 2. The van der Waals surface area contributed by atoms with E-state index in [1.54, 1.807) is 0 Å². The smallest absolute Gasteiger partial charge is 0.105 e. The molecule has 0 atom stereocenters. The minimum atomic E-state index is 0.844. The maximum absolute atomic E-state index is 5.29. The van der Waals surface area contributed by atoms with E-state index in [2.05, 4.69) is 27.1 Å². The second-order valence-corrected chi connectivity index (χ2v) is 3.44. The van der Waals surface area contributed by atoms with Crippen LogP contribution in [0.2, 0.25) is 0 Å². The fourth-order valence-corrected chi connectivity index (χ4v) is 1.47. The molecule has 0 aliphatic rings. The number of nitrogens with two attached hydrogens (primary N) is 1. The van der Waals surface area contributed by atoms with Crippen molar-refractivity contribution in [3.63, 3.8) is 0 Å². The van der Waals surface area contributed by atoms with Gasteiger partial charge in [-0.1, -0.05) is 12.1 Å². The van der Waals surface area contributed by atoms with Crippen molar-refractivity contribution < 1.29 is 0 Å². The molecule has 0 aliphatic carbocycles. The summed E-state index contributed by atoms with van der Waals surface area (Å²) in [5.74, 6) is 6.32. The normalized spacial score (nSPS) is 10.3. The van der Waals surface area contributed by atoms with Crippen LogP contribution in [0.25, 0.3) is 0 Å². The van der Waals surface area contributed by atoms with Crippen LogP contribution in [0.4, 0.5) is 5.69 Å². The van der Waals surface area contributed by atoms with E-state index in [9.17, 15) is 0 Å². The molecular weight excluding hydrogens is 188 g/mol. The first-order valence-electron chi connectivity index (χ1n) is 4.83. The highest BCUT2D eigenvalue weighted by molar-refractivity contribution is 5.43. The van der Waals surface area contributed by atoms with Crippen molar-refractivity contribution in [2.24, 2.45) is 5.84 Å². The summed E-state index contributed by atoms with van der Waals surface area (Å²) in [5.41, 5.74) is 4.75. The van der Waals surface area contributed by atoms with E-state index in [1.165, 1.54) is 5.56 Å². The molecule has 4 nitrogen and oxygen atoms in total. The van der Waals surface area contributed by atoms with Crippen LogP contribution in [0, 0.1) is 6.92 Å². The molecule has 0 aliphatic heterocycles. The van der Waals surface area contributed by atoms with E-state index < -0.39 is 0 Å². The molecule has 3 N–H and O–H groups in total. The van der Waals surface area contributed by atoms with Gasteiger partial charge in [-0.05, 0) is 24.6 Å². The second-order valence-electron chi connectivity index (χ2n) is 3.44. The molecule has 0 fully saturated rings. The van der Waals surface area contributed by atoms with E-state index in [4.69, 9.17) is 5.84 Å². The molecule has 2 rings (SSSR count). The minimum absolute atomic E-state index is 0.844. The van der Waals surface area contributed by atoms with Gasteiger partial charge < -0.3 is 9.99 Å². The molecule has 0 spiro atoms. The molecule has 1 aromatic heterocycles. The minimum Gasteiger partial charge on any atom is -0.331 e. The number of nitrogens with one attached hydrogen (secondary N) is 1. The molecule has 1 aromatic carbocycles. The van der Waals surface area contributed by atoms with Gasteiger partial charge in [-0.25, -0.2) is 4.98 Å². The molecule has 2 aromatic rings. The summed E-state index contributed by atoms with van der Waals surface area (Å²) in [6, 6.07) is 8.02. The van der Waals surface area contributed by atoms with Crippen LogP contribution in [-0.4, -0.2) is 9.55 Å². The lowest BCUT2D eigenvalue weighted by Gasteiger charge is -2.06. The van der Waals surface area contributed by atoms with Gasteiger partial charge in [0.05, 0.1) is 0 Å². The lowest BCUT2D eigenvalue weighted by Crippen LogP contribution is -2.06. The Morgan fingerprint density at radius 1 is 1.33 bits per heavy atom. The number of nitrogen functional groups attached to an aromatic ring is 1. The average Bonchev–Trinajstić information content (AvgIpc) is 2.66. The first-order valence-corrected chi connectivity index (χ1v) is 4.83. The molecule has 0 amide bonds. The number of aryl methyl sites for hydroxylation is 1. The van der Waals surface area contributed by atoms with Crippen LogP contribution in [0.15, 0.2) is 36.7 Å². The molecule has 0 radical (unpaired) electrons. The molecule has 0 bridgehead atoms. The molecule has 1 heterocycles. The van der Waals surface area contributed by atoms with E-state index in [0.717, 1.165) is 18.1 Å². The predicted octanol–water partition coefficient (Wildman–Crippen LogP) is 1.53. The molecule has 15 heavy (non-hydrogen) atoms. The third-order valence-electron chi connectivity index (χ3n) is 2.40. The fourth-order valence-electron chi connectivity index (χ4n) is 1.47. The van der Waals surface area contributed by atoms with Gasteiger partial charge in [-0.15, -0.1) is 0 Å². The SMILES string of the molecule is Cc1nccn1Cc1ccc(NN)cc1. The van der Waals surface area contributed by atoms with Crippen molar-refractivity contribution in [2.75, 3.05) is 5.43 Å². The van der Waals surface area contributed by atoms with Crippen molar-refractivity contribution in [2.45, 2.75) is 13.5 Å². The Kier molecular flexibility index (Phi) is 2.69. The van der Waals surface area contributed by atoms with Crippen LogP contribution in [0.5, 0.6) is 0 Å². The lowest BCUT2D eigenvalue weighted by atomic mass is 10.2. The third-order valence-corrected chi connectivity index (χ3v) is 2.40. The first kappa shape index (κ1) is 9.73. The van der Waals surface area contributed by atoms with Crippen molar-refractivity contribution in [3.05, 3.63) is 48.0 Å². The van der Waals surface area contributed by atoms with Crippen LogP contribution in [-0.2, 0) is 6.54 Å². The van der Waals surface area contributed by atoms with E-state index in [1.807, 2.05) is 31.5 Å². The van der Waals surface area contributed by atoms with Crippen LogP contribution < -0.4 is 11.3 Å². The van der Waals surface area contributed by atoms with Crippen molar-refractivity contribution in [1.82, 2.24) is 9.55 Å². The monoisotopic (exact) mass is 202 g/mol. The summed E-state index contributed by atoms with van der Waals surface area (Å²) in [5, 5.41) is 0. The molecule has 0 saturated carbocycles. The van der Waals surface area contributed by atoms with Gasteiger partial charge in [0.1, 0.15) is 5.82 Å². The highest BCUT2D eigenvalue weighted by Crippen LogP contribution is 2.10. The van der Waals surface area contributed by atoms with Crippen LogP contribution in [0.1, 0.15) is 11.4 Å². The first-order chi connectivity index (χ1) is 7.29. The highest BCUT2D eigenvalue weighted by Gasteiger charge is 1.98. The number of hydrogen-bond acceptors (Lipinski definition) is 3. The molecule has 4 heteroatoms. The molecule has 0 unspecified atom stereocenters. The molecule has 0 saturated heterocycles. The number of hydrogen-bond donors (Lipinski definition) is 2. The maximum atomic E-state index is 5.29. The van der Waals surface area contributed by atoms with Gasteiger partial charge in [0.15, 0.2) is 0 Å². The summed E-state index contributed by atoms with van der Waals surface area (Å²) < 4.78 is 2.10. The summed E-state index contributed by atoms with van der Waals surface area (Å²) in [7, 11) is 0. The zero-order valence-electron chi connectivity index (χ0n) is 8.64. The van der Waals surface area contributed by atoms with Crippen molar-refractivity contribution in [3.8, 4) is 0 Å². The number of imidazole rings is 1. The summed E-state index contributed by atoms with van der Waals surface area (Å²) in [6.07, 6.45) is 3.79. The van der Waals surface area contributed by atoms with Gasteiger partial charge >= 0.3 is 0 Å². The second kappa shape index (κ2) is 4.14. The Bertz CT molecular complexity index is 430. The highest BCUT2D eigenvalue weighted by atomic mass is 15.2. The van der Waals surface area contributed by atoms with Gasteiger partial charge in [-0.3, -0.25) is 5.84 Å². The Hall–Kier alpha value is -1.81. The van der Waals surface area contributed by atoms with Gasteiger partial charge in [0.2, 0.25) is 0 Å². The summed E-state index contributed by atoms with van der Waals surface area (Å²) in [4.78, 5) is 4.18. The van der Waals surface area contributed by atoms with Gasteiger partial charge in [0.25, 0.3) is 0 Å². The topological polar surface area (TPSA) is 55.9 Å². The largest absolute Gasteiger partial charge is 0.331 e. The molecule has 78 valence electrons. The van der Waals surface area contributed by atoms with E-state index in [-0.39, 0.29) is 0 Å². The third kappa shape index (κ3) is 2.16. The maximum Gasteiger partial charge on any atom is 0.105 e. The Balaban J connectivity index is 2.14. The summed E-state index contributed by atoms with van der Waals surface area (Å²) in [6.45, 7) is 2.84. The number of nitrogens with zero attached hydrogens (tertiary/aromatic N) is 2. The standard InChI is InChI=1S/C11H14N4/c1-9-13-6-7-15(9)8-10-2-4-11(14-12)5-3-10/h2-7,14H,8,12H2,1H3. The van der Waals surface area contributed by atoms with Crippen LogP contribution in [0.3, 0.4) is 0 Å². The van der Waals surface area contributed by atoms with E-state index >= 15 is 0 Å².